The van der Waals surface area contributed by atoms with E-state index in [1.54, 1.807) is 0 Å². The quantitative estimate of drug-likeness (QED) is 0.580. The Bertz CT molecular complexity index is 667. The Hall–Kier alpha value is -2.34. The van der Waals surface area contributed by atoms with Crippen LogP contribution >= 0.6 is 0 Å². The zero-order valence-corrected chi connectivity index (χ0v) is 10.7. The second kappa shape index (κ2) is 5.11. The molecule has 0 nitrogen and oxygen atoms in total. The van der Waals surface area contributed by atoms with Crippen molar-refractivity contribution < 1.29 is 0 Å². The Kier molecular flexibility index (Phi) is 3.16. The maximum atomic E-state index is 4.04. The van der Waals surface area contributed by atoms with E-state index in [1.807, 2.05) is 12.1 Å². The molecule has 0 aliphatic heterocycles. The summed E-state index contributed by atoms with van der Waals surface area (Å²) < 4.78 is 0. The summed E-state index contributed by atoms with van der Waals surface area (Å²) in [5, 5.41) is 0. The van der Waals surface area contributed by atoms with Crippen LogP contribution < -0.4 is 0 Å². The standard InChI is InChI=1S/C19H15/c1-15-12-13-18(16-8-4-2-5-9-16)19(14-15)17-10-6-3-7-11-17/h2-14H,1H2. The second-order valence-corrected chi connectivity index (χ2v) is 4.61. The van der Waals surface area contributed by atoms with E-state index in [-0.39, 0.29) is 0 Å². The summed E-state index contributed by atoms with van der Waals surface area (Å²) in [7, 11) is 0. The minimum atomic E-state index is 1.04. The van der Waals surface area contributed by atoms with E-state index in [1.165, 1.54) is 22.3 Å². The van der Waals surface area contributed by atoms with Crippen LogP contribution in [0.25, 0.3) is 22.3 Å². The molecule has 3 aromatic rings. The van der Waals surface area contributed by atoms with Crippen molar-refractivity contribution in [3.05, 3.63) is 91.3 Å². The van der Waals surface area contributed by atoms with Crippen molar-refractivity contribution in [2.24, 2.45) is 0 Å². The average Bonchev–Trinajstić information content (AvgIpc) is 2.49. The maximum Gasteiger partial charge on any atom is -0.0103 e. The van der Waals surface area contributed by atoms with Crippen molar-refractivity contribution in [3.8, 4) is 22.3 Å². The van der Waals surface area contributed by atoms with Gasteiger partial charge in [-0.3, -0.25) is 0 Å². The maximum absolute atomic E-state index is 4.04. The van der Waals surface area contributed by atoms with E-state index >= 15 is 0 Å². The average molecular weight is 243 g/mol. The SMILES string of the molecule is [CH2]c1ccc(-c2ccccc2)c(-c2ccccc2)c1. The summed E-state index contributed by atoms with van der Waals surface area (Å²) in [5.41, 5.74) is 5.99. The summed E-state index contributed by atoms with van der Waals surface area (Å²) in [6, 6.07) is 27.3. The molecule has 0 bridgehead atoms. The first-order valence-electron chi connectivity index (χ1n) is 6.41. The zero-order valence-electron chi connectivity index (χ0n) is 10.7. The van der Waals surface area contributed by atoms with Crippen LogP contribution in [0.5, 0.6) is 0 Å². The minimum absolute atomic E-state index is 1.04. The molecule has 0 atom stereocenters. The Morgan fingerprint density at radius 2 is 1.05 bits per heavy atom. The highest BCUT2D eigenvalue weighted by molar-refractivity contribution is 5.83. The van der Waals surface area contributed by atoms with Gasteiger partial charge in [0.15, 0.2) is 0 Å². The van der Waals surface area contributed by atoms with Crippen molar-refractivity contribution in [2.45, 2.75) is 0 Å². The van der Waals surface area contributed by atoms with E-state index in [4.69, 9.17) is 0 Å². The van der Waals surface area contributed by atoms with Gasteiger partial charge in [-0.25, -0.2) is 0 Å². The summed E-state index contributed by atoms with van der Waals surface area (Å²) in [6.45, 7) is 4.04. The van der Waals surface area contributed by atoms with Gasteiger partial charge in [0.25, 0.3) is 0 Å². The normalized spacial score (nSPS) is 10.4. The lowest BCUT2D eigenvalue weighted by Gasteiger charge is -2.11. The van der Waals surface area contributed by atoms with Crippen LogP contribution in [0, 0.1) is 6.92 Å². The first-order chi connectivity index (χ1) is 9.34. The summed E-state index contributed by atoms with van der Waals surface area (Å²) in [6.07, 6.45) is 0. The molecule has 0 aliphatic rings. The molecule has 0 N–H and O–H groups in total. The van der Waals surface area contributed by atoms with Crippen molar-refractivity contribution in [2.75, 3.05) is 0 Å². The Labute approximate surface area is 114 Å². The first-order valence-corrected chi connectivity index (χ1v) is 6.41. The van der Waals surface area contributed by atoms with Gasteiger partial charge >= 0.3 is 0 Å². The van der Waals surface area contributed by atoms with Gasteiger partial charge < -0.3 is 0 Å². The molecule has 0 unspecified atom stereocenters. The van der Waals surface area contributed by atoms with Crippen LogP contribution in [-0.4, -0.2) is 0 Å². The molecule has 1 radical (unpaired) electrons. The molecular weight excluding hydrogens is 228 g/mol. The smallest absolute Gasteiger partial charge is 0.0103 e. The Morgan fingerprint density at radius 3 is 1.63 bits per heavy atom. The first kappa shape index (κ1) is 11.7. The molecule has 0 amide bonds. The van der Waals surface area contributed by atoms with Crippen LogP contribution in [-0.2, 0) is 0 Å². The molecular formula is C19H15. The van der Waals surface area contributed by atoms with E-state index in [2.05, 4.69) is 73.7 Å². The zero-order chi connectivity index (χ0) is 13.1. The van der Waals surface area contributed by atoms with Crippen molar-refractivity contribution in [1.82, 2.24) is 0 Å². The highest BCUT2D eigenvalue weighted by atomic mass is 14.1. The highest BCUT2D eigenvalue weighted by Gasteiger charge is 2.06. The van der Waals surface area contributed by atoms with Crippen molar-refractivity contribution in [3.63, 3.8) is 0 Å². The highest BCUT2D eigenvalue weighted by Crippen LogP contribution is 2.32. The van der Waals surface area contributed by atoms with Crippen LogP contribution in [0.2, 0.25) is 0 Å². The molecule has 3 rings (SSSR count). The molecule has 0 saturated heterocycles. The largest absolute Gasteiger partial charge is 0.0622 e. The third kappa shape index (κ3) is 2.43. The van der Waals surface area contributed by atoms with Gasteiger partial charge in [0.2, 0.25) is 0 Å². The summed E-state index contributed by atoms with van der Waals surface area (Å²) in [4.78, 5) is 0. The van der Waals surface area contributed by atoms with Gasteiger partial charge in [0.1, 0.15) is 0 Å². The molecule has 19 heavy (non-hydrogen) atoms. The van der Waals surface area contributed by atoms with Crippen LogP contribution in [0.4, 0.5) is 0 Å². The fourth-order valence-corrected chi connectivity index (χ4v) is 2.32. The molecule has 0 heteroatoms. The van der Waals surface area contributed by atoms with Gasteiger partial charge in [-0.2, -0.15) is 0 Å². The molecule has 0 heterocycles. The monoisotopic (exact) mass is 243 g/mol. The van der Waals surface area contributed by atoms with Gasteiger partial charge in [-0.15, -0.1) is 0 Å². The molecule has 0 saturated carbocycles. The molecule has 3 aromatic carbocycles. The van der Waals surface area contributed by atoms with E-state index in [9.17, 15) is 0 Å². The number of hydrogen-bond acceptors (Lipinski definition) is 0. The van der Waals surface area contributed by atoms with Crippen LogP contribution in [0.15, 0.2) is 78.9 Å². The van der Waals surface area contributed by atoms with Gasteiger partial charge in [-0.05, 0) is 34.7 Å². The third-order valence-electron chi connectivity index (χ3n) is 3.25. The van der Waals surface area contributed by atoms with Crippen LogP contribution in [0.1, 0.15) is 5.56 Å². The lowest BCUT2D eigenvalue weighted by molar-refractivity contribution is 1.55. The van der Waals surface area contributed by atoms with Crippen molar-refractivity contribution in [1.29, 1.82) is 0 Å². The minimum Gasteiger partial charge on any atom is -0.0622 e. The number of hydrogen-bond donors (Lipinski definition) is 0. The van der Waals surface area contributed by atoms with E-state index in [0.717, 1.165) is 5.56 Å². The van der Waals surface area contributed by atoms with Gasteiger partial charge in [0, 0.05) is 0 Å². The number of benzene rings is 3. The van der Waals surface area contributed by atoms with Crippen molar-refractivity contribution >= 4 is 0 Å². The molecule has 91 valence electrons. The fraction of sp³-hybridized carbons (Fsp3) is 0. The second-order valence-electron chi connectivity index (χ2n) is 4.61. The van der Waals surface area contributed by atoms with E-state index in [0.29, 0.717) is 0 Å². The Balaban J connectivity index is 2.21. The lowest BCUT2D eigenvalue weighted by atomic mass is 9.93. The predicted molar refractivity (Wildman–Crippen MR) is 81.8 cm³/mol. The summed E-state index contributed by atoms with van der Waals surface area (Å²) in [5.74, 6) is 0. The van der Waals surface area contributed by atoms with Gasteiger partial charge in [0.05, 0.1) is 0 Å². The fourth-order valence-electron chi connectivity index (χ4n) is 2.32. The number of rotatable bonds is 2. The predicted octanol–water partition coefficient (Wildman–Crippen LogP) is 5.20. The van der Waals surface area contributed by atoms with E-state index < -0.39 is 0 Å². The molecule has 0 fully saturated rings. The molecule has 0 spiro atoms. The lowest BCUT2D eigenvalue weighted by Crippen LogP contribution is -1.86. The topological polar surface area (TPSA) is 0 Å². The molecule has 0 aliphatic carbocycles. The van der Waals surface area contributed by atoms with Gasteiger partial charge in [-0.1, -0.05) is 78.9 Å². The molecule has 0 aromatic heterocycles. The van der Waals surface area contributed by atoms with Crippen LogP contribution in [0.3, 0.4) is 0 Å². The third-order valence-corrected chi connectivity index (χ3v) is 3.25. The Morgan fingerprint density at radius 1 is 0.526 bits per heavy atom. The summed E-state index contributed by atoms with van der Waals surface area (Å²) >= 11 is 0.